The van der Waals surface area contributed by atoms with Crippen LogP contribution in [0.3, 0.4) is 0 Å². The topological polar surface area (TPSA) is 17.8 Å². The Balaban J connectivity index is 2.36. The van der Waals surface area contributed by atoms with E-state index in [0.29, 0.717) is 0 Å². The van der Waals surface area contributed by atoms with Crippen molar-refractivity contribution in [3.8, 4) is 17.1 Å². The minimum Gasteiger partial charge on any atom is -0.299 e. The molecule has 3 aromatic rings. The quantitative estimate of drug-likeness (QED) is 0.663. The van der Waals surface area contributed by atoms with E-state index in [1.54, 1.807) is 0 Å². The number of hydrogen-bond acceptors (Lipinski definition) is 1. The van der Waals surface area contributed by atoms with Crippen LogP contribution in [0, 0.1) is 6.92 Å². The Labute approximate surface area is 159 Å². The van der Waals surface area contributed by atoms with Crippen LogP contribution in [-0.4, -0.2) is 25.2 Å². The lowest BCUT2D eigenvalue weighted by molar-refractivity contribution is 0.719. The van der Waals surface area contributed by atoms with Crippen LogP contribution in [0.5, 0.6) is 0 Å². The molecule has 0 saturated heterocycles. The van der Waals surface area contributed by atoms with Crippen LogP contribution in [0.2, 0.25) is 0 Å². The smallest absolute Gasteiger partial charge is 0.144 e. The average Bonchev–Trinajstić information content (AvgIpc) is 3.02. The highest BCUT2D eigenvalue weighted by molar-refractivity contribution is 6.17. The van der Waals surface area contributed by atoms with Crippen LogP contribution in [0.4, 0.5) is 0 Å². The molecule has 0 bridgehead atoms. The molecule has 1 aromatic heterocycles. The predicted molar refractivity (Wildman–Crippen MR) is 117 cm³/mol. The van der Waals surface area contributed by atoms with E-state index < -0.39 is 0 Å². The second-order valence-corrected chi connectivity index (χ2v) is 9.14. The number of aryl methyl sites for hydroxylation is 1. The van der Waals surface area contributed by atoms with Crippen LogP contribution in [-0.2, 0) is 10.6 Å². The van der Waals surface area contributed by atoms with Crippen molar-refractivity contribution < 1.29 is 0 Å². The Morgan fingerprint density at radius 3 is 1.96 bits per heavy atom. The first kappa shape index (κ1) is 18.6. The maximum Gasteiger partial charge on any atom is 0.144 e. The van der Waals surface area contributed by atoms with Crippen molar-refractivity contribution in [2.75, 3.05) is 0 Å². The van der Waals surface area contributed by atoms with Crippen LogP contribution >= 0.6 is 0 Å². The Morgan fingerprint density at radius 1 is 0.846 bits per heavy atom. The lowest BCUT2D eigenvalue weighted by Gasteiger charge is -2.31. The van der Waals surface area contributed by atoms with Gasteiger partial charge in [0, 0.05) is 18.0 Å². The zero-order valence-electron chi connectivity index (χ0n) is 17.1. The van der Waals surface area contributed by atoms with Gasteiger partial charge < -0.3 is 0 Å². The largest absolute Gasteiger partial charge is 0.299 e. The molecule has 0 unspecified atom stereocenters. The monoisotopic (exact) mass is 342 g/mol. The fourth-order valence-corrected chi connectivity index (χ4v) is 3.52. The van der Waals surface area contributed by atoms with Gasteiger partial charge in [0.1, 0.15) is 21.5 Å². The van der Waals surface area contributed by atoms with Crippen molar-refractivity contribution in [1.29, 1.82) is 0 Å². The minimum absolute atomic E-state index is 0.0455. The molecule has 2 aromatic carbocycles. The summed E-state index contributed by atoms with van der Waals surface area (Å²) >= 11 is 0. The van der Waals surface area contributed by atoms with Gasteiger partial charge in [0.2, 0.25) is 0 Å². The highest BCUT2D eigenvalue weighted by Gasteiger charge is 2.27. The van der Waals surface area contributed by atoms with Crippen LogP contribution in [0.15, 0.2) is 54.9 Å². The Kier molecular flexibility index (Phi) is 4.64. The fourth-order valence-electron chi connectivity index (χ4n) is 3.52. The molecule has 0 aliphatic carbocycles. The van der Waals surface area contributed by atoms with Gasteiger partial charge in [0.15, 0.2) is 0 Å². The first-order valence-corrected chi connectivity index (χ1v) is 9.34. The van der Waals surface area contributed by atoms with Crippen LogP contribution in [0.1, 0.15) is 44.4 Å². The number of para-hydroxylation sites is 1. The van der Waals surface area contributed by atoms with Crippen LogP contribution < -0.4 is 0 Å². The Morgan fingerprint density at radius 2 is 1.42 bits per heavy atom. The summed E-state index contributed by atoms with van der Waals surface area (Å²) < 4.78 is 2.28. The first-order valence-electron chi connectivity index (χ1n) is 9.34. The summed E-state index contributed by atoms with van der Waals surface area (Å²) in [7, 11) is 4.56. The predicted octanol–water partition coefficient (Wildman–Crippen LogP) is 3.58. The molecule has 0 aliphatic rings. The molecular formula is C22H28B2N2. The molecule has 0 atom stereocenters. The number of benzene rings is 2. The molecule has 0 radical (unpaired) electrons. The third-order valence-electron chi connectivity index (χ3n) is 4.92. The average molecular weight is 342 g/mol. The number of nitrogens with zero attached hydrogens (tertiary/aromatic N) is 2. The van der Waals surface area contributed by atoms with Crippen molar-refractivity contribution in [2.45, 2.75) is 45.2 Å². The van der Waals surface area contributed by atoms with Gasteiger partial charge >= 0.3 is 0 Å². The molecule has 0 N–H and O–H groups in total. The molecular weight excluding hydrogens is 314 g/mol. The summed E-state index contributed by atoms with van der Waals surface area (Å²) in [6.07, 6.45) is 4.01. The summed E-state index contributed by atoms with van der Waals surface area (Å²) in [4.78, 5) is 4.73. The molecule has 0 spiro atoms. The molecule has 1 heterocycles. The van der Waals surface area contributed by atoms with E-state index in [4.69, 9.17) is 4.98 Å². The molecule has 132 valence electrons. The molecule has 0 saturated carbocycles. The summed E-state index contributed by atoms with van der Waals surface area (Å²) in [5.74, 6) is 1.00. The lowest BCUT2D eigenvalue weighted by Crippen LogP contribution is -2.25. The van der Waals surface area contributed by atoms with Gasteiger partial charge in [0.05, 0.1) is 5.69 Å². The molecule has 2 nitrogen and oxygen atoms in total. The van der Waals surface area contributed by atoms with Gasteiger partial charge in [-0.3, -0.25) is 4.57 Å². The molecule has 4 heteroatoms. The van der Waals surface area contributed by atoms with Gasteiger partial charge in [-0.05, 0) is 34.2 Å². The third-order valence-corrected chi connectivity index (χ3v) is 4.92. The SMILES string of the molecule is BC(C)(C)c1cccc(C(B)(C)C)c1-n1ccnc1-c1ccccc1C. The molecule has 0 aliphatic heterocycles. The van der Waals surface area contributed by atoms with Crippen molar-refractivity contribution in [3.63, 3.8) is 0 Å². The second kappa shape index (κ2) is 6.50. The lowest BCUT2D eigenvalue weighted by atomic mass is 9.62. The summed E-state index contributed by atoms with van der Waals surface area (Å²) in [5.41, 5.74) is 6.38. The van der Waals surface area contributed by atoms with E-state index in [1.165, 1.54) is 27.9 Å². The number of aromatic nitrogens is 2. The van der Waals surface area contributed by atoms with Gasteiger partial charge in [-0.15, -0.1) is 0 Å². The Hall–Kier alpha value is -2.22. The highest BCUT2D eigenvalue weighted by Crippen LogP contribution is 2.36. The second-order valence-electron chi connectivity index (χ2n) is 9.14. The van der Waals surface area contributed by atoms with E-state index in [1.807, 2.05) is 6.20 Å². The van der Waals surface area contributed by atoms with Crippen molar-refractivity contribution in [3.05, 3.63) is 71.5 Å². The molecule has 26 heavy (non-hydrogen) atoms. The zero-order chi connectivity index (χ0) is 19.1. The normalized spacial score (nSPS) is 12.3. The highest BCUT2D eigenvalue weighted by atomic mass is 15.1. The molecule has 0 fully saturated rings. The van der Waals surface area contributed by atoms with Gasteiger partial charge in [-0.1, -0.05) is 70.2 Å². The van der Waals surface area contributed by atoms with Crippen molar-refractivity contribution >= 4 is 15.7 Å². The van der Waals surface area contributed by atoms with E-state index in [9.17, 15) is 0 Å². The summed E-state index contributed by atoms with van der Waals surface area (Å²) in [6, 6.07) is 15.2. The maximum absolute atomic E-state index is 4.73. The van der Waals surface area contributed by atoms with E-state index >= 15 is 0 Å². The standard InChI is InChI=1S/C22H28B2N2/c1-15-9-6-7-10-16(15)20-25-13-14-26(20)19-17(21(2,3)23)11-8-12-18(19)22(4,5)24/h6-14H,23-24H2,1-5H3. The van der Waals surface area contributed by atoms with E-state index in [-0.39, 0.29) is 10.6 Å². The van der Waals surface area contributed by atoms with Crippen molar-refractivity contribution in [1.82, 2.24) is 9.55 Å². The fraction of sp³-hybridized carbons (Fsp3) is 0.318. The molecule has 3 rings (SSSR count). The van der Waals surface area contributed by atoms with Gasteiger partial charge in [-0.2, -0.15) is 0 Å². The number of rotatable bonds is 4. The van der Waals surface area contributed by atoms with Gasteiger partial charge in [0.25, 0.3) is 0 Å². The first-order chi connectivity index (χ1) is 12.1. The zero-order valence-corrected chi connectivity index (χ0v) is 17.1. The maximum atomic E-state index is 4.73. The Bertz CT molecular complexity index is 896. The number of imidazole rings is 1. The number of hydrogen-bond donors (Lipinski definition) is 0. The van der Waals surface area contributed by atoms with Gasteiger partial charge in [-0.25, -0.2) is 4.98 Å². The van der Waals surface area contributed by atoms with Crippen LogP contribution in [0.25, 0.3) is 17.1 Å². The van der Waals surface area contributed by atoms with E-state index in [0.717, 1.165) is 5.82 Å². The van der Waals surface area contributed by atoms with Crippen molar-refractivity contribution in [2.24, 2.45) is 0 Å². The summed E-state index contributed by atoms with van der Waals surface area (Å²) in [6.45, 7) is 11.3. The third kappa shape index (κ3) is 3.38. The summed E-state index contributed by atoms with van der Waals surface area (Å²) in [5, 5.41) is 0.0910. The minimum atomic E-state index is 0.0455. The molecule has 0 amide bonds. The van der Waals surface area contributed by atoms with E-state index in [2.05, 4.69) is 104 Å².